The molecule has 2 saturated carbocycles. The molecule has 0 N–H and O–H groups in total. The third kappa shape index (κ3) is 4.82. The molecule has 3 rings (SSSR count). The van der Waals surface area contributed by atoms with E-state index in [0.29, 0.717) is 5.92 Å². The second-order valence-electron chi connectivity index (χ2n) is 9.66. The zero-order chi connectivity index (χ0) is 20.8. The maximum atomic E-state index is 13.5. The van der Waals surface area contributed by atoms with E-state index >= 15 is 0 Å². The van der Waals surface area contributed by atoms with E-state index < -0.39 is 19.1 Å². The Labute approximate surface area is 165 Å². The third-order valence-corrected chi connectivity index (χ3v) is 9.02. The van der Waals surface area contributed by atoms with Crippen LogP contribution in [0.4, 0.5) is 21.0 Å². The average molecular weight is 430 g/mol. The van der Waals surface area contributed by atoms with E-state index in [-0.39, 0.29) is 12.5 Å². The summed E-state index contributed by atoms with van der Waals surface area (Å²) in [6.45, 7) is 2.28. The van der Waals surface area contributed by atoms with Gasteiger partial charge in [-0.2, -0.15) is 0 Å². The van der Waals surface area contributed by atoms with E-state index in [9.17, 15) is 21.0 Å². The van der Waals surface area contributed by atoms with Crippen molar-refractivity contribution in [2.24, 2.45) is 23.7 Å². The molecular formula is C20H36F5N2P. The Morgan fingerprint density at radius 2 is 1.32 bits per heavy atom. The average Bonchev–Trinajstić information content (AvgIpc) is 2.90. The first-order valence-corrected chi connectivity index (χ1v) is 13.1. The van der Waals surface area contributed by atoms with Crippen LogP contribution < -0.4 is 0 Å². The molecule has 1 atom stereocenters. The Morgan fingerprint density at radius 3 is 1.75 bits per heavy atom. The molecule has 0 aromatic heterocycles. The first kappa shape index (κ1) is 22.2. The predicted octanol–water partition coefficient (Wildman–Crippen LogP) is 7.22. The molecule has 0 amide bonds. The molecule has 1 unspecified atom stereocenters. The monoisotopic (exact) mass is 430 g/mol. The second-order valence-corrected chi connectivity index (χ2v) is 12.2. The van der Waals surface area contributed by atoms with Gasteiger partial charge in [-0.15, -0.1) is 0 Å². The fourth-order valence-corrected chi connectivity index (χ4v) is 7.82. The normalized spacial score (nSPS) is 37.7. The Morgan fingerprint density at radius 1 is 0.857 bits per heavy atom. The van der Waals surface area contributed by atoms with Crippen molar-refractivity contribution in [3.63, 3.8) is 0 Å². The number of rotatable bonds is 5. The van der Waals surface area contributed by atoms with Gasteiger partial charge in [0.1, 0.15) is 0 Å². The second kappa shape index (κ2) is 7.06. The van der Waals surface area contributed by atoms with Crippen molar-refractivity contribution in [3.8, 4) is 0 Å². The molecule has 0 radical (unpaired) electrons. The predicted molar refractivity (Wildman–Crippen MR) is 106 cm³/mol. The van der Waals surface area contributed by atoms with Gasteiger partial charge >= 0.3 is 152 Å². The van der Waals surface area contributed by atoms with Crippen LogP contribution in [0.25, 0.3) is 0 Å². The van der Waals surface area contributed by atoms with Gasteiger partial charge in [-0.1, -0.05) is 13.3 Å². The van der Waals surface area contributed by atoms with Gasteiger partial charge in [0.2, 0.25) is 0 Å². The van der Waals surface area contributed by atoms with Gasteiger partial charge in [0.05, 0.1) is 0 Å². The number of halogens is 5. The molecule has 0 saturated heterocycles. The van der Waals surface area contributed by atoms with Crippen LogP contribution in [0.3, 0.4) is 0 Å². The Bertz CT molecular complexity index is 602. The van der Waals surface area contributed by atoms with E-state index in [1.54, 1.807) is 0 Å². The fraction of sp³-hybridized carbons (Fsp3) is 0.950. The summed E-state index contributed by atoms with van der Waals surface area (Å²) in [6.07, 6.45) is 11.6. The summed E-state index contributed by atoms with van der Waals surface area (Å²) in [7, 11) is -7.55. The SMILES string of the molecule is CCCC1CCC(C2CCC(C3C[N+](C)=C([P-](F)(F)(F)(F)F)N3C)CC2)CC1. The van der Waals surface area contributed by atoms with Crippen molar-refractivity contribution in [1.29, 1.82) is 0 Å². The molecule has 0 aromatic carbocycles. The molecule has 2 nitrogen and oxygen atoms in total. The van der Waals surface area contributed by atoms with Gasteiger partial charge in [-0.25, -0.2) is 0 Å². The summed E-state index contributed by atoms with van der Waals surface area (Å²) in [6, 6.07) is -0.463. The minimum absolute atomic E-state index is 0.0412. The number of nitrogens with zero attached hydrogens (tertiary/aromatic N) is 2. The van der Waals surface area contributed by atoms with Crippen LogP contribution in [0.15, 0.2) is 0 Å². The zero-order valence-electron chi connectivity index (χ0n) is 17.4. The molecule has 0 bridgehead atoms. The number of hydrogen-bond acceptors (Lipinski definition) is 1. The summed E-state index contributed by atoms with van der Waals surface area (Å²) in [5, 5.41) is 0. The minimum atomic E-state index is -9.90. The quantitative estimate of drug-likeness (QED) is 0.253. The third-order valence-electron chi connectivity index (χ3n) is 7.61. The van der Waals surface area contributed by atoms with Crippen LogP contribution in [-0.4, -0.2) is 41.7 Å². The molecule has 1 aliphatic heterocycles. The topological polar surface area (TPSA) is 6.25 Å². The molecule has 8 heteroatoms. The van der Waals surface area contributed by atoms with E-state index in [1.165, 1.54) is 45.6 Å². The Kier molecular flexibility index (Phi) is 5.61. The Balaban J connectivity index is 1.55. The van der Waals surface area contributed by atoms with Crippen LogP contribution in [-0.2, 0) is 0 Å². The van der Waals surface area contributed by atoms with Gasteiger partial charge in [-0.05, 0) is 0 Å². The van der Waals surface area contributed by atoms with E-state index in [1.807, 2.05) is 0 Å². The van der Waals surface area contributed by atoms with Crippen LogP contribution in [0.1, 0.15) is 71.1 Å². The molecule has 28 heavy (non-hydrogen) atoms. The van der Waals surface area contributed by atoms with Gasteiger partial charge in [0, 0.05) is 0 Å². The van der Waals surface area contributed by atoms with Gasteiger partial charge < -0.3 is 0 Å². The molecule has 0 aromatic rings. The van der Waals surface area contributed by atoms with Crippen LogP contribution in [0, 0.1) is 23.7 Å². The van der Waals surface area contributed by atoms with Crippen LogP contribution in [0.5, 0.6) is 0 Å². The number of likely N-dealkylation sites (N-methyl/N-ethyl adjacent to an activating group) is 2. The molecular weight excluding hydrogens is 394 g/mol. The van der Waals surface area contributed by atoms with Gasteiger partial charge in [-0.3, -0.25) is 0 Å². The van der Waals surface area contributed by atoms with E-state index in [2.05, 4.69) is 6.92 Å². The molecule has 2 aliphatic carbocycles. The molecule has 2 fully saturated rings. The van der Waals surface area contributed by atoms with Crippen LogP contribution >= 0.6 is 7.50 Å². The van der Waals surface area contributed by atoms with Crippen molar-refractivity contribution < 1.29 is 25.6 Å². The zero-order valence-corrected chi connectivity index (χ0v) is 18.3. The first-order chi connectivity index (χ1) is 12.8. The summed E-state index contributed by atoms with van der Waals surface area (Å²) in [4.78, 5) is 0.844. The van der Waals surface area contributed by atoms with Crippen molar-refractivity contribution in [3.05, 3.63) is 0 Å². The summed E-state index contributed by atoms with van der Waals surface area (Å²) < 4.78 is 68.0. The summed E-state index contributed by atoms with van der Waals surface area (Å²) in [5.74, 6) is 2.37. The molecule has 0 spiro atoms. The number of amidine groups is 1. The maximum absolute atomic E-state index is 13.5. The molecule has 3 aliphatic rings. The van der Waals surface area contributed by atoms with E-state index in [0.717, 1.165) is 54.0 Å². The summed E-state index contributed by atoms with van der Waals surface area (Å²) in [5.41, 5.74) is -1.69. The van der Waals surface area contributed by atoms with Crippen molar-refractivity contribution >= 4 is 13.1 Å². The standard InChI is InChI=1S/C20H36F5N2P/c1-4-5-15-6-8-16(9-7-15)17-10-12-18(13-11-17)19-14-26(2)20(27(19)3)28(21,22,23,24)25/h15-19H,4-14H2,1-3H3. The first-order valence-electron chi connectivity index (χ1n) is 10.9. The molecule has 1 heterocycles. The fourth-order valence-electron chi connectivity index (χ4n) is 6.35. The van der Waals surface area contributed by atoms with Gasteiger partial charge in [0.15, 0.2) is 0 Å². The molecule has 166 valence electrons. The summed E-state index contributed by atoms with van der Waals surface area (Å²) >= 11 is 0. The van der Waals surface area contributed by atoms with Gasteiger partial charge in [0.25, 0.3) is 0 Å². The van der Waals surface area contributed by atoms with E-state index in [4.69, 9.17) is 0 Å². The van der Waals surface area contributed by atoms with Crippen molar-refractivity contribution in [1.82, 2.24) is 4.90 Å². The van der Waals surface area contributed by atoms with Crippen LogP contribution in [0.2, 0.25) is 0 Å². The van der Waals surface area contributed by atoms with Crippen molar-refractivity contribution in [2.75, 3.05) is 20.6 Å². The van der Waals surface area contributed by atoms with Crippen molar-refractivity contribution in [2.45, 2.75) is 77.2 Å². The Hall–Kier alpha value is -0.450. The number of hydrogen-bond donors (Lipinski definition) is 0.